The van der Waals surface area contributed by atoms with Crippen LogP contribution in [0.5, 0.6) is 0 Å². The average Bonchev–Trinajstić information content (AvgIpc) is 2.76. The summed E-state index contributed by atoms with van der Waals surface area (Å²) < 4.78 is 0. The van der Waals surface area contributed by atoms with Gasteiger partial charge in [-0.3, -0.25) is 7.32 Å². The van der Waals surface area contributed by atoms with Crippen molar-refractivity contribution in [3.8, 4) is 0 Å². The smallest absolute Gasteiger partial charge is 0.101 e. The van der Waals surface area contributed by atoms with E-state index in [2.05, 4.69) is 0 Å². The number of aliphatic hydroxyl groups excluding tert-OH is 9. The van der Waals surface area contributed by atoms with Gasteiger partial charge in [-0.1, -0.05) is 0 Å². The first-order valence-electron chi connectivity index (χ1n) is 11.2. The summed E-state index contributed by atoms with van der Waals surface area (Å²) in [5.74, 6) is 0. The van der Waals surface area contributed by atoms with Crippen LogP contribution in [0.2, 0.25) is 0 Å². The third-order valence-electron chi connectivity index (χ3n) is 4.19. The number of aliphatic hydroxyl groups is 9. The first-order valence-corrected chi connectivity index (χ1v) is 11.2. The molecule has 34 heavy (non-hydrogen) atoms. The highest BCUT2D eigenvalue weighted by Crippen LogP contribution is 1.54. The molecule has 15 nitrogen and oxygen atoms in total. The SMILES string of the molecule is OCC[NH+](CCO)CCO.OCC[NH+](CCO)CCO.OCC[NH+](CCO)CCO.[O-]B([O-])[O-]. The highest BCUT2D eigenvalue weighted by atomic mass is 16.5. The quantitative estimate of drug-likeness (QED) is 0.0768. The van der Waals surface area contributed by atoms with Gasteiger partial charge in [0.15, 0.2) is 0 Å². The molecule has 0 aromatic carbocycles. The Morgan fingerprint density at radius 3 is 0.471 bits per heavy atom. The normalized spacial score (nSPS) is 10.3. The van der Waals surface area contributed by atoms with Gasteiger partial charge in [-0.15, -0.1) is 0 Å². The predicted molar refractivity (Wildman–Crippen MR) is 116 cm³/mol. The van der Waals surface area contributed by atoms with E-state index in [4.69, 9.17) is 61.0 Å². The van der Waals surface area contributed by atoms with E-state index in [-0.39, 0.29) is 59.5 Å². The molecule has 0 atom stereocenters. The number of hydrogen-bond acceptors (Lipinski definition) is 12. The van der Waals surface area contributed by atoms with Gasteiger partial charge < -0.3 is 75.7 Å². The molecule has 0 rings (SSSR count). The monoisotopic (exact) mass is 509 g/mol. The van der Waals surface area contributed by atoms with Crippen LogP contribution in [0.1, 0.15) is 0 Å². The Hall–Kier alpha value is -0.535. The first kappa shape index (κ1) is 40.6. The van der Waals surface area contributed by atoms with Crippen molar-refractivity contribution < 1.29 is 75.7 Å². The van der Waals surface area contributed by atoms with Crippen LogP contribution in [0.4, 0.5) is 0 Å². The minimum atomic E-state index is -2.92. The summed E-state index contributed by atoms with van der Waals surface area (Å²) in [7, 11) is -2.92. The summed E-state index contributed by atoms with van der Waals surface area (Å²) in [6.07, 6.45) is 0. The molecule has 210 valence electrons. The molecule has 0 saturated carbocycles. The van der Waals surface area contributed by atoms with Crippen molar-refractivity contribution in [3.05, 3.63) is 0 Å². The van der Waals surface area contributed by atoms with Gasteiger partial charge >= 0.3 is 0 Å². The lowest BCUT2D eigenvalue weighted by atomic mass is 10.3. The van der Waals surface area contributed by atoms with Gasteiger partial charge in [0.1, 0.15) is 58.9 Å². The fraction of sp³-hybridized carbons (Fsp3) is 1.00. The Morgan fingerprint density at radius 2 is 0.412 bits per heavy atom. The zero-order valence-electron chi connectivity index (χ0n) is 20.1. The van der Waals surface area contributed by atoms with E-state index in [1.807, 2.05) is 0 Å². The van der Waals surface area contributed by atoms with Crippen LogP contribution in [0.15, 0.2) is 0 Å². The Labute approximate surface area is 202 Å². The lowest BCUT2D eigenvalue weighted by Crippen LogP contribution is -3.13. The predicted octanol–water partition coefficient (Wildman–Crippen LogP) is -13.4. The van der Waals surface area contributed by atoms with E-state index in [1.54, 1.807) is 0 Å². The van der Waals surface area contributed by atoms with Gasteiger partial charge in [0, 0.05) is 0 Å². The number of quaternary nitrogens is 3. The van der Waals surface area contributed by atoms with Crippen molar-refractivity contribution in [1.29, 1.82) is 0 Å². The zero-order chi connectivity index (χ0) is 27.0. The fourth-order valence-electron chi connectivity index (χ4n) is 2.55. The number of rotatable bonds is 18. The van der Waals surface area contributed by atoms with Crippen molar-refractivity contribution >= 4 is 7.32 Å². The largest absolute Gasteiger partial charge is 0.907 e. The number of nitrogens with one attached hydrogen (secondary N) is 3. The maximum atomic E-state index is 8.51. The topological polar surface area (TPSA) is 265 Å². The molecular weight excluding hydrogens is 461 g/mol. The molecule has 0 unspecified atom stereocenters. The molecule has 0 aliphatic carbocycles. The molecule has 16 heteroatoms. The van der Waals surface area contributed by atoms with Crippen LogP contribution in [-0.4, -0.2) is 172 Å². The summed E-state index contributed by atoms with van der Waals surface area (Å²) >= 11 is 0. The van der Waals surface area contributed by atoms with Crippen molar-refractivity contribution in [2.45, 2.75) is 0 Å². The van der Waals surface area contributed by atoms with Gasteiger partial charge in [0.25, 0.3) is 0 Å². The van der Waals surface area contributed by atoms with Gasteiger partial charge in [-0.05, 0) is 0 Å². The van der Waals surface area contributed by atoms with E-state index < -0.39 is 7.32 Å². The molecule has 0 aromatic heterocycles. The molecular formula is C18H48BN3O12. The maximum absolute atomic E-state index is 8.51. The van der Waals surface area contributed by atoms with E-state index in [0.717, 1.165) is 14.7 Å². The summed E-state index contributed by atoms with van der Waals surface area (Å²) in [6, 6.07) is 0. The van der Waals surface area contributed by atoms with E-state index >= 15 is 0 Å². The minimum Gasteiger partial charge on any atom is -0.907 e. The minimum absolute atomic E-state index is 0.106. The van der Waals surface area contributed by atoms with E-state index in [1.165, 1.54) is 0 Å². The first-order chi connectivity index (χ1) is 16.3. The molecule has 0 bridgehead atoms. The Morgan fingerprint density at radius 1 is 0.324 bits per heavy atom. The lowest BCUT2D eigenvalue weighted by molar-refractivity contribution is -0.901. The molecule has 12 N–H and O–H groups in total. The van der Waals surface area contributed by atoms with Crippen LogP contribution in [0.3, 0.4) is 0 Å². The maximum Gasteiger partial charge on any atom is 0.101 e. The van der Waals surface area contributed by atoms with Crippen LogP contribution < -0.4 is 29.8 Å². The second-order valence-corrected chi connectivity index (χ2v) is 6.80. The molecule has 0 radical (unpaired) electrons. The van der Waals surface area contributed by atoms with Crippen LogP contribution in [0.25, 0.3) is 0 Å². The summed E-state index contributed by atoms with van der Waals surface area (Å²) in [5.41, 5.74) is 0. The van der Waals surface area contributed by atoms with Crippen molar-refractivity contribution in [3.63, 3.8) is 0 Å². The fourth-order valence-corrected chi connectivity index (χ4v) is 2.55. The molecule has 0 fully saturated rings. The van der Waals surface area contributed by atoms with Gasteiger partial charge in [-0.2, -0.15) is 0 Å². The molecule has 0 aliphatic heterocycles. The van der Waals surface area contributed by atoms with Crippen molar-refractivity contribution in [2.24, 2.45) is 0 Å². The third-order valence-corrected chi connectivity index (χ3v) is 4.19. The van der Waals surface area contributed by atoms with Crippen molar-refractivity contribution in [1.82, 2.24) is 0 Å². The van der Waals surface area contributed by atoms with E-state index in [0.29, 0.717) is 58.9 Å². The molecule has 0 heterocycles. The highest BCUT2D eigenvalue weighted by Gasteiger charge is 2.05. The standard InChI is InChI=1S/3C6H15NO3.BO3/c3*8-4-1-7(2-5-9)3-6-10;2-1(3)4/h3*8-10H,1-6H2;/q;;;-3/p+3. The van der Waals surface area contributed by atoms with Crippen LogP contribution >= 0.6 is 0 Å². The van der Waals surface area contributed by atoms with Gasteiger partial charge in [-0.25, -0.2) is 0 Å². The van der Waals surface area contributed by atoms with Gasteiger partial charge in [0.2, 0.25) is 0 Å². The van der Waals surface area contributed by atoms with Crippen molar-refractivity contribution in [2.75, 3.05) is 118 Å². The van der Waals surface area contributed by atoms with Crippen LogP contribution in [0, 0.1) is 0 Å². The molecule has 0 aliphatic rings. The van der Waals surface area contributed by atoms with Crippen LogP contribution in [-0.2, 0) is 0 Å². The second-order valence-electron chi connectivity index (χ2n) is 6.80. The van der Waals surface area contributed by atoms with E-state index in [9.17, 15) is 0 Å². The third kappa shape index (κ3) is 41.7. The summed E-state index contributed by atoms with van der Waals surface area (Å²) in [4.78, 5) is 3.10. The Bertz CT molecular complexity index is 254. The van der Waals surface area contributed by atoms with Gasteiger partial charge in [0.05, 0.1) is 59.5 Å². The zero-order valence-corrected chi connectivity index (χ0v) is 20.1. The second kappa shape index (κ2) is 37.0. The molecule has 0 amide bonds. The lowest BCUT2D eigenvalue weighted by Gasteiger charge is -2.35. The molecule has 0 aromatic rings. The number of hydrogen-bond donors (Lipinski definition) is 12. The Balaban J connectivity index is -0.000000184. The Kier molecular flexibility index (Phi) is 44.2. The summed E-state index contributed by atoms with van der Waals surface area (Å²) in [6.45, 7) is 6.34. The summed E-state index contributed by atoms with van der Waals surface area (Å²) in [5, 5.41) is 102. The molecule has 0 saturated heterocycles. The molecule has 0 spiro atoms. The highest BCUT2D eigenvalue weighted by molar-refractivity contribution is 6.24. The average molecular weight is 509 g/mol.